The van der Waals surface area contributed by atoms with Crippen LogP contribution in [0.25, 0.3) is 21.5 Å². The van der Waals surface area contributed by atoms with E-state index < -0.39 is 52.8 Å². The summed E-state index contributed by atoms with van der Waals surface area (Å²) in [5.41, 5.74) is -0.130. The maximum absolute atomic E-state index is 14.0. The average Bonchev–Trinajstić information content (AvgIpc) is 2.66. The fourth-order valence-electron chi connectivity index (χ4n) is 3.20. The molecule has 0 aromatic heterocycles. The first-order chi connectivity index (χ1) is 13.8. The normalized spacial score (nSPS) is 11.3. The molecule has 2 nitrogen and oxygen atoms in total. The van der Waals surface area contributed by atoms with E-state index in [1.807, 2.05) is 0 Å². The van der Waals surface area contributed by atoms with Crippen molar-refractivity contribution in [3.8, 4) is 5.75 Å². The van der Waals surface area contributed by atoms with Gasteiger partial charge in [0.25, 0.3) is 0 Å². The van der Waals surface area contributed by atoms with Crippen molar-refractivity contribution < 1.29 is 36.0 Å². The highest BCUT2D eigenvalue weighted by molar-refractivity contribution is 6.64. The Morgan fingerprint density at radius 3 is 2.07 bits per heavy atom. The minimum Gasteiger partial charge on any atom is -0.532 e. The molecule has 0 aliphatic rings. The minimum atomic E-state index is -1.86. The molecule has 0 spiro atoms. The molecule has 4 rings (SSSR count). The van der Waals surface area contributed by atoms with Gasteiger partial charge in [0.1, 0.15) is 29.0 Å². The Labute approximate surface area is 160 Å². The lowest BCUT2D eigenvalue weighted by molar-refractivity contribution is 0.435. The number of hydrogen-bond acceptors (Lipinski definition) is 2. The van der Waals surface area contributed by atoms with E-state index in [1.165, 1.54) is 0 Å². The number of rotatable bonds is 3. The van der Waals surface area contributed by atoms with E-state index in [-0.39, 0.29) is 22.0 Å². The van der Waals surface area contributed by atoms with Gasteiger partial charge in [-0.3, -0.25) is 0 Å². The summed E-state index contributed by atoms with van der Waals surface area (Å²) in [7, 11) is -1.86. The SMILES string of the molecule is OB(Oc1ccc(F)c2c(F)cc(F)cc12)c1ccc(F)c2c(F)c(F)ccc12. The average molecular weight is 406 g/mol. The van der Waals surface area contributed by atoms with Gasteiger partial charge < -0.3 is 9.68 Å². The van der Waals surface area contributed by atoms with Crippen LogP contribution in [0.3, 0.4) is 0 Å². The van der Waals surface area contributed by atoms with Crippen LogP contribution in [0.1, 0.15) is 0 Å². The van der Waals surface area contributed by atoms with Crippen molar-refractivity contribution in [3.05, 3.63) is 83.4 Å². The summed E-state index contributed by atoms with van der Waals surface area (Å²) in [6, 6.07) is 6.94. The van der Waals surface area contributed by atoms with E-state index in [0.717, 1.165) is 42.5 Å². The standard InChI is InChI=1S/C20H9BF6O2/c22-9-7-11-17(6-5-13(23)18(11)16(26)8-9)29-21(28)12-2-4-14(24)19-10(12)1-3-15(25)20(19)27/h1-8,28H. The molecule has 4 aromatic carbocycles. The summed E-state index contributed by atoms with van der Waals surface area (Å²) < 4.78 is 88.3. The fourth-order valence-corrected chi connectivity index (χ4v) is 3.20. The van der Waals surface area contributed by atoms with Gasteiger partial charge in [0, 0.05) is 16.9 Å². The fraction of sp³-hybridized carbons (Fsp3) is 0. The lowest BCUT2D eigenvalue weighted by atomic mass is 9.76. The second kappa shape index (κ2) is 7.00. The van der Waals surface area contributed by atoms with E-state index in [0.29, 0.717) is 6.07 Å². The molecule has 9 heteroatoms. The zero-order chi connectivity index (χ0) is 20.9. The van der Waals surface area contributed by atoms with Crippen molar-refractivity contribution in [2.75, 3.05) is 0 Å². The first-order valence-corrected chi connectivity index (χ1v) is 8.26. The third-order valence-corrected chi connectivity index (χ3v) is 4.50. The zero-order valence-electron chi connectivity index (χ0n) is 14.3. The molecule has 0 fully saturated rings. The highest BCUT2D eigenvalue weighted by Crippen LogP contribution is 2.31. The van der Waals surface area contributed by atoms with Crippen LogP contribution in [-0.2, 0) is 0 Å². The van der Waals surface area contributed by atoms with E-state index >= 15 is 0 Å². The molecule has 0 atom stereocenters. The maximum atomic E-state index is 14.0. The predicted octanol–water partition coefficient (Wildman–Crippen LogP) is 4.59. The van der Waals surface area contributed by atoms with Crippen molar-refractivity contribution in [2.45, 2.75) is 0 Å². The Balaban J connectivity index is 1.84. The molecule has 0 radical (unpaired) electrons. The van der Waals surface area contributed by atoms with Gasteiger partial charge in [0.05, 0.1) is 10.8 Å². The predicted molar refractivity (Wildman–Crippen MR) is 95.9 cm³/mol. The maximum Gasteiger partial charge on any atom is 0.560 e. The molecule has 0 aliphatic carbocycles. The summed E-state index contributed by atoms with van der Waals surface area (Å²) in [6.45, 7) is 0. The first-order valence-electron chi connectivity index (χ1n) is 8.26. The van der Waals surface area contributed by atoms with Gasteiger partial charge in [-0.1, -0.05) is 12.1 Å². The van der Waals surface area contributed by atoms with Gasteiger partial charge in [-0.05, 0) is 35.7 Å². The number of hydrogen-bond donors (Lipinski definition) is 1. The van der Waals surface area contributed by atoms with Gasteiger partial charge in [0.2, 0.25) is 0 Å². The molecule has 4 aromatic rings. The Kier molecular flexibility index (Phi) is 4.62. The van der Waals surface area contributed by atoms with E-state index in [1.54, 1.807) is 0 Å². The molecule has 0 aliphatic heterocycles. The Bertz CT molecular complexity index is 1280. The highest BCUT2D eigenvalue weighted by Gasteiger charge is 2.26. The van der Waals surface area contributed by atoms with Gasteiger partial charge in [0.15, 0.2) is 11.6 Å². The van der Waals surface area contributed by atoms with Gasteiger partial charge in [-0.15, -0.1) is 0 Å². The van der Waals surface area contributed by atoms with Crippen LogP contribution in [0.15, 0.2) is 48.5 Å². The smallest absolute Gasteiger partial charge is 0.532 e. The summed E-state index contributed by atoms with van der Waals surface area (Å²) in [5, 5.41) is 8.76. The number of halogens is 6. The molecule has 0 unspecified atom stereocenters. The third-order valence-electron chi connectivity index (χ3n) is 4.50. The Morgan fingerprint density at radius 2 is 1.31 bits per heavy atom. The lowest BCUT2D eigenvalue weighted by Crippen LogP contribution is -2.37. The molecular formula is C20H9BF6O2. The number of fused-ring (bicyclic) bond motifs is 2. The number of benzene rings is 4. The summed E-state index contributed by atoms with van der Waals surface area (Å²) >= 11 is 0. The van der Waals surface area contributed by atoms with Crippen LogP contribution < -0.4 is 10.1 Å². The quantitative estimate of drug-likeness (QED) is 0.399. The van der Waals surface area contributed by atoms with E-state index in [9.17, 15) is 31.4 Å². The van der Waals surface area contributed by atoms with Crippen LogP contribution in [0.2, 0.25) is 0 Å². The second-order valence-corrected chi connectivity index (χ2v) is 6.25. The molecule has 0 bridgehead atoms. The summed E-state index contributed by atoms with van der Waals surface area (Å²) in [4.78, 5) is 0. The largest absolute Gasteiger partial charge is 0.560 e. The van der Waals surface area contributed by atoms with Crippen molar-refractivity contribution in [1.82, 2.24) is 0 Å². The Hall–Kier alpha value is -3.20. The van der Waals surface area contributed by atoms with E-state index in [2.05, 4.69) is 0 Å². The molecule has 0 saturated heterocycles. The van der Waals surface area contributed by atoms with Crippen LogP contribution in [-0.4, -0.2) is 12.1 Å². The topological polar surface area (TPSA) is 29.5 Å². The monoisotopic (exact) mass is 406 g/mol. The molecule has 0 heterocycles. The van der Waals surface area contributed by atoms with E-state index in [4.69, 9.17) is 4.65 Å². The van der Waals surface area contributed by atoms with Gasteiger partial charge in [-0.25, -0.2) is 26.3 Å². The van der Waals surface area contributed by atoms with Crippen molar-refractivity contribution in [1.29, 1.82) is 0 Å². The molecule has 29 heavy (non-hydrogen) atoms. The van der Waals surface area contributed by atoms with Crippen molar-refractivity contribution >= 4 is 34.1 Å². The van der Waals surface area contributed by atoms with Crippen LogP contribution in [0, 0.1) is 34.9 Å². The highest BCUT2D eigenvalue weighted by atomic mass is 19.2. The van der Waals surface area contributed by atoms with Crippen LogP contribution in [0.5, 0.6) is 5.75 Å². The summed E-state index contributed by atoms with van der Waals surface area (Å²) in [5.74, 6) is -7.17. The molecule has 0 saturated carbocycles. The van der Waals surface area contributed by atoms with Crippen molar-refractivity contribution in [3.63, 3.8) is 0 Å². The minimum absolute atomic E-state index is 0.130. The van der Waals surface area contributed by atoms with Gasteiger partial charge >= 0.3 is 7.12 Å². The van der Waals surface area contributed by atoms with Crippen LogP contribution in [0.4, 0.5) is 26.3 Å². The second-order valence-electron chi connectivity index (χ2n) is 6.25. The molecular weight excluding hydrogens is 397 g/mol. The summed E-state index contributed by atoms with van der Waals surface area (Å²) in [6.07, 6.45) is 0. The van der Waals surface area contributed by atoms with Crippen LogP contribution >= 0.6 is 0 Å². The Morgan fingerprint density at radius 1 is 0.655 bits per heavy atom. The first kappa shape index (κ1) is 19.1. The zero-order valence-corrected chi connectivity index (χ0v) is 14.3. The molecule has 1 N–H and O–H groups in total. The molecule has 146 valence electrons. The molecule has 0 amide bonds. The third kappa shape index (κ3) is 3.17. The van der Waals surface area contributed by atoms with Gasteiger partial charge in [-0.2, -0.15) is 0 Å². The van der Waals surface area contributed by atoms with Crippen molar-refractivity contribution in [2.24, 2.45) is 0 Å². The lowest BCUT2D eigenvalue weighted by Gasteiger charge is -2.15.